The van der Waals surface area contributed by atoms with Crippen LogP contribution in [0.25, 0.3) is 0 Å². The number of aromatic nitrogens is 6. The fourth-order valence-electron chi connectivity index (χ4n) is 2.52. The van der Waals surface area contributed by atoms with Crippen LogP contribution < -0.4 is 10.2 Å². The Kier molecular flexibility index (Phi) is 4.79. The second-order valence-electron chi connectivity index (χ2n) is 5.40. The maximum absolute atomic E-state index is 12.3. The third kappa shape index (κ3) is 3.74. The minimum Gasteiger partial charge on any atom is -0.389 e. The monoisotopic (exact) mass is 333 g/mol. The average molecular weight is 333 g/mol. The molecule has 11 heteroatoms. The summed E-state index contributed by atoms with van der Waals surface area (Å²) in [6, 6.07) is 1.76. The molecule has 3 rings (SSSR count). The topological polar surface area (TPSA) is 125 Å². The van der Waals surface area contributed by atoms with Gasteiger partial charge in [-0.1, -0.05) is 0 Å². The van der Waals surface area contributed by atoms with Crippen LogP contribution in [-0.2, 0) is 11.3 Å². The highest BCUT2D eigenvalue weighted by Crippen LogP contribution is 2.14. The van der Waals surface area contributed by atoms with E-state index in [1.54, 1.807) is 24.2 Å². The summed E-state index contributed by atoms with van der Waals surface area (Å²) in [5.74, 6) is 1.05. The molecule has 11 nitrogen and oxygen atoms in total. The molecular formula is C13H19N9O2. The van der Waals surface area contributed by atoms with Crippen molar-refractivity contribution in [2.45, 2.75) is 12.6 Å². The number of hydrogen-bond acceptors (Lipinski definition) is 9. The molecule has 1 saturated heterocycles. The smallest absolute Gasteiger partial charge is 0.246 e. The van der Waals surface area contributed by atoms with Gasteiger partial charge in [-0.3, -0.25) is 4.79 Å². The summed E-state index contributed by atoms with van der Waals surface area (Å²) in [7, 11) is 1.78. The average Bonchev–Trinajstić information content (AvgIpc) is 3.01. The SMILES string of the molecule is CNc1ccnc(N2CCN(C(=O)Cn3ncnn3)C[C@@H](O)C2)n1. The molecule has 1 amide bonds. The molecule has 1 fully saturated rings. The van der Waals surface area contributed by atoms with Gasteiger partial charge in [-0.15, -0.1) is 10.2 Å². The molecule has 2 N–H and O–H groups in total. The molecule has 128 valence electrons. The van der Waals surface area contributed by atoms with Gasteiger partial charge >= 0.3 is 0 Å². The van der Waals surface area contributed by atoms with E-state index in [4.69, 9.17) is 0 Å². The van der Waals surface area contributed by atoms with E-state index in [0.29, 0.717) is 31.4 Å². The highest BCUT2D eigenvalue weighted by molar-refractivity contribution is 5.76. The Hall–Kier alpha value is -2.82. The summed E-state index contributed by atoms with van der Waals surface area (Å²) >= 11 is 0. The van der Waals surface area contributed by atoms with Crippen LogP contribution in [0.3, 0.4) is 0 Å². The highest BCUT2D eigenvalue weighted by Gasteiger charge is 2.26. The maximum atomic E-state index is 12.3. The molecule has 0 unspecified atom stereocenters. The van der Waals surface area contributed by atoms with E-state index in [2.05, 4.69) is 30.7 Å². The first-order valence-electron chi connectivity index (χ1n) is 7.58. The quantitative estimate of drug-likeness (QED) is 0.667. The lowest BCUT2D eigenvalue weighted by Crippen LogP contribution is -2.39. The Labute approximate surface area is 138 Å². The molecule has 0 radical (unpaired) electrons. The zero-order chi connectivity index (χ0) is 16.9. The van der Waals surface area contributed by atoms with Crippen molar-refractivity contribution in [3.05, 3.63) is 18.6 Å². The van der Waals surface area contributed by atoms with Crippen LogP contribution in [0.1, 0.15) is 0 Å². The van der Waals surface area contributed by atoms with Crippen molar-refractivity contribution in [3.63, 3.8) is 0 Å². The van der Waals surface area contributed by atoms with Gasteiger partial charge in [0.1, 0.15) is 12.4 Å². The van der Waals surface area contributed by atoms with Gasteiger partial charge in [0, 0.05) is 39.4 Å². The third-order valence-electron chi connectivity index (χ3n) is 3.70. The fraction of sp³-hybridized carbons (Fsp3) is 0.538. The van der Waals surface area contributed by atoms with E-state index < -0.39 is 6.10 Å². The summed E-state index contributed by atoms with van der Waals surface area (Å²) in [6.45, 7) is 1.59. The van der Waals surface area contributed by atoms with Gasteiger partial charge in [-0.05, 0) is 11.3 Å². The predicted molar refractivity (Wildman–Crippen MR) is 84.2 cm³/mol. The summed E-state index contributed by atoms with van der Waals surface area (Å²) in [4.78, 5) is 25.6. The summed E-state index contributed by atoms with van der Waals surface area (Å²) in [5.41, 5.74) is 0. The van der Waals surface area contributed by atoms with E-state index >= 15 is 0 Å². The van der Waals surface area contributed by atoms with Crippen molar-refractivity contribution in [1.82, 2.24) is 35.1 Å². The maximum Gasteiger partial charge on any atom is 0.246 e. The number of anilines is 2. The van der Waals surface area contributed by atoms with Crippen LogP contribution >= 0.6 is 0 Å². The number of hydrogen-bond donors (Lipinski definition) is 2. The molecule has 0 saturated carbocycles. The number of rotatable bonds is 4. The number of tetrazole rings is 1. The lowest BCUT2D eigenvalue weighted by Gasteiger charge is -2.21. The van der Waals surface area contributed by atoms with Gasteiger partial charge in [0.25, 0.3) is 0 Å². The highest BCUT2D eigenvalue weighted by atomic mass is 16.3. The molecule has 2 aromatic rings. The second-order valence-corrected chi connectivity index (χ2v) is 5.40. The number of carbonyl (C=O) groups is 1. The lowest BCUT2D eigenvalue weighted by molar-refractivity contribution is -0.133. The molecule has 0 spiro atoms. The molecule has 0 bridgehead atoms. The molecule has 24 heavy (non-hydrogen) atoms. The van der Waals surface area contributed by atoms with Gasteiger partial charge in [0.05, 0.1) is 6.10 Å². The predicted octanol–water partition coefficient (Wildman–Crippen LogP) is -1.79. The van der Waals surface area contributed by atoms with E-state index in [9.17, 15) is 9.90 Å². The van der Waals surface area contributed by atoms with Crippen molar-refractivity contribution in [2.75, 3.05) is 43.4 Å². The number of nitrogens with one attached hydrogen (secondary N) is 1. The first-order chi connectivity index (χ1) is 11.7. The number of carbonyl (C=O) groups excluding carboxylic acids is 1. The zero-order valence-corrected chi connectivity index (χ0v) is 13.3. The van der Waals surface area contributed by atoms with Crippen molar-refractivity contribution in [1.29, 1.82) is 0 Å². The van der Waals surface area contributed by atoms with Crippen molar-refractivity contribution >= 4 is 17.7 Å². The number of amides is 1. The lowest BCUT2D eigenvalue weighted by atomic mass is 10.3. The minimum atomic E-state index is -0.693. The summed E-state index contributed by atoms with van der Waals surface area (Å²) in [6.07, 6.45) is 2.24. The first-order valence-corrected chi connectivity index (χ1v) is 7.58. The molecule has 1 atom stereocenters. The Balaban J connectivity index is 1.67. The molecule has 1 aliphatic heterocycles. The first kappa shape index (κ1) is 16.1. The molecule has 3 heterocycles. The van der Waals surface area contributed by atoms with Crippen LogP contribution in [0.4, 0.5) is 11.8 Å². The minimum absolute atomic E-state index is 0.00153. The third-order valence-corrected chi connectivity index (χ3v) is 3.70. The van der Waals surface area contributed by atoms with Crippen molar-refractivity contribution in [3.8, 4) is 0 Å². The molecule has 0 aliphatic carbocycles. The fourth-order valence-corrected chi connectivity index (χ4v) is 2.52. The van der Waals surface area contributed by atoms with Crippen molar-refractivity contribution in [2.24, 2.45) is 0 Å². The Morgan fingerprint density at radius 2 is 2.29 bits per heavy atom. The number of β-amino-alcohol motifs (C(OH)–C–C–N with tert-alkyl or cyclic N) is 1. The van der Waals surface area contributed by atoms with Crippen LogP contribution in [0, 0.1) is 0 Å². The standard InChI is InChI=1S/C13H19N9O2/c1-14-11-2-3-15-13(18-11)21-5-4-20(6-10(23)7-21)12(24)8-22-17-9-16-19-22/h2-3,9-10,23H,4-8H2,1H3,(H,14,15,18)/t10-/m1/s1. The van der Waals surface area contributed by atoms with Gasteiger partial charge in [-0.25, -0.2) is 4.98 Å². The van der Waals surface area contributed by atoms with E-state index in [1.165, 1.54) is 11.1 Å². The number of nitrogens with zero attached hydrogens (tertiary/aromatic N) is 8. The Morgan fingerprint density at radius 3 is 3.04 bits per heavy atom. The van der Waals surface area contributed by atoms with E-state index in [-0.39, 0.29) is 19.0 Å². The van der Waals surface area contributed by atoms with Crippen LogP contribution in [0.5, 0.6) is 0 Å². The van der Waals surface area contributed by atoms with E-state index in [0.717, 1.165) is 0 Å². The van der Waals surface area contributed by atoms with Gasteiger partial charge in [0.2, 0.25) is 11.9 Å². The molecule has 2 aromatic heterocycles. The number of aliphatic hydroxyl groups excluding tert-OH is 1. The van der Waals surface area contributed by atoms with Crippen LogP contribution in [0.15, 0.2) is 18.6 Å². The van der Waals surface area contributed by atoms with Gasteiger partial charge in [0.15, 0.2) is 6.33 Å². The molecule has 0 aromatic carbocycles. The molecule has 1 aliphatic rings. The Morgan fingerprint density at radius 1 is 1.42 bits per heavy atom. The van der Waals surface area contributed by atoms with Crippen molar-refractivity contribution < 1.29 is 9.90 Å². The van der Waals surface area contributed by atoms with Gasteiger partial charge in [-0.2, -0.15) is 9.78 Å². The largest absolute Gasteiger partial charge is 0.389 e. The summed E-state index contributed by atoms with van der Waals surface area (Å²) in [5, 5.41) is 24.3. The summed E-state index contributed by atoms with van der Waals surface area (Å²) < 4.78 is 0. The van der Waals surface area contributed by atoms with E-state index in [1.807, 2.05) is 4.90 Å². The number of aliphatic hydroxyl groups is 1. The van der Waals surface area contributed by atoms with Crippen LogP contribution in [-0.4, -0.2) is 85.4 Å². The van der Waals surface area contributed by atoms with Gasteiger partial charge < -0.3 is 20.2 Å². The molecular weight excluding hydrogens is 314 g/mol. The normalized spacial score (nSPS) is 18.3. The Bertz CT molecular complexity index is 678. The van der Waals surface area contributed by atoms with Crippen LogP contribution in [0.2, 0.25) is 0 Å². The zero-order valence-electron chi connectivity index (χ0n) is 13.3. The second kappa shape index (κ2) is 7.17.